The van der Waals surface area contributed by atoms with Crippen LogP contribution in [-0.2, 0) is 0 Å². The molecule has 1 aliphatic heterocycles. The molecular formula is C18H21N3O3. The highest BCUT2D eigenvalue weighted by Crippen LogP contribution is 2.26. The van der Waals surface area contributed by atoms with E-state index < -0.39 is 0 Å². The van der Waals surface area contributed by atoms with Gasteiger partial charge in [0.2, 0.25) is 0 Å². The van der Waals surface area contributed by atoms with E-state index in [1.807, 2.05) is 18.2 Å². The average molecular weight is 327 g/mol. The van der Waals surface area contributed by atoms with Crippen molar-refractivity contribution in [3.8, 4) is 5.75 Å². The van der Waals surface area contributed by atoms with Gasteiger partial charge in [0, 0.05) is 50.0 Å². The van der Waals surface area contributed by atoms with E-state index in [9.17, 15) is 15.2 Å². The second-order valence-electron chi connectivity index (χ2n) is 6.07. The van der Waals surface area contributed by atoms with Crippen LogP contribution in [0.3, 0.4) is 0 Å². The predicted molar refractivity (Wildman–Crippen MR) is 93.4 cm³/mol. The summed E-state index contributed by atoms with van der Waals surface area (Å²) in [6.45, 7) is 5.67. The fourth-order valence-corrected chi connectivity index (χ4v) is 3.14. The van der Waals surface area contributed by atoms with Crippen LogP contribution in [0.5, 0.6) is 5.75 Å². The van der Waals surface area contributed by atoms with Crippen LogP contribution in [0.4, 0.5) is 11.4 Å². The SMILES string of the molecule is C[C@H](c1cccc([N+](=O)[O-])c1)N1CCN(c2ccc(O)cc2)CC1. The number of piperazine rings is 1. The van der Waals surface area contributed by atoms with E-state index in [1.165, 1.54) is 6.07 Å². The predicted octanol–water partition coefficient (Wildman–Crippen LogP) is 3.18. The average Bonchev–Trinajstić information content (AvgIpc) is 2.62. The lowest BCUT2D eigenvalue weighted by Gasteiger charge is -2.39. The Morgan fingerprint density at radius 2 is 1.75 bits per heavy atom. The molecule has 0 amide bonds. The molecule has 1 saturated heterocycles. The van der Waals surface area contributed by atoms with E-state index in [0.29, 0.717) is 0 Å². The smallest absolute Gasteiger partial charge is 0.269 e. The van der Waals surface area contributed by atoms with E-state index in [2.05, 4.69) is 16.7 Å². The Bertz CT molecular complexity index is 710. The van der Waals surface area contributed by atoms with Gasteiger partial charge in [-0.1, -0.05) is 12.1 Å². The molecule has 1 N–H and O–H groups in total. The third-order valence-corrected chi connectivity index (χ3v) is 4.64. The minimum absolute atomic E-state index is 0.141. The molecule has 0 bridgehead atoms. The summed E-state index contributed by atoms with van der Waals surface area (Å²) in [5.74, 6) is 0.275. The minimum atomic E-state index is -0.348. The van der Waals surface area contributed by atoms with Gasteiger partial charge < -0.3 is 10.0 Å². The Balaban J connectivity index is 1.64. The number of phenolic OH excluding ortho intramolecular Hbond substituents is 1. The summed E-state index contributed by atoms with van der Waals surface area (Å²) >= 11 is 0. The Kier molecular flexibility index (Phi) is 4.66. The molecule has 2 aromatic rings. The van der Waals surface area contributed by atoms with Crippen LogP contribution in [0.15, 0.2) is 48.5 Å². The lowest BCUT2D eigenvalue weighted by Crippen LogP contribution is -2.47. The van der Waals surface area contributed by atoms with Crippen LogP contribution in [-0.4, -0.2) is 41.1 Å². The number of nitro groups is 1. The maximum atomic E-state index is 10.9. The van der Waals surface area contributed by atoms with Crippen LogP contribution in [0, 0.1) is 10.1 Å². The summed E-state index contributed by atoms with van der Waals surface area (Å²) in [5, 5.41) is 20.3. The summed E-state index contributed by atoms with van der Waals surface area (Å²) in [6.07, 6.45) is 0. The molecule has 2 aromatic carbocycles. The first-order chi connectivity index (χ1) is 11.5. The summed E-state index contributed by atoms with van der Waals surface area (Å²) < 4.78 is 0. The first-order valence-electron chi connectivity index (χ1n) is 8.07. The molecule has 0 spiro atoms. The molecule has 0 unspecified atom stereocenters. The zero-order valence-corrected chi connectivity index (χ0v) is 13.6. The van der Waals surface area contributed by atoms with Crippen molar-refractivity contribution >= 4 is 11.4 Å². The maximum absolute atomic E-state index is 10.9. The van der Waals surface area contributed by atoms with Crippen molar-refractivity contribution in [1.82, 2.24) is 4.90 Å². The highest BCUT2D eigenvalue weighted by molar-refractivity contribution is 5.49. The van der Waals surface area contributed by atoms with Gasteiger partial charge in [-0.15, -0.1) is 0 Å². The molecule has 1 atom stereocenters. The Morgan fingerprint density at radius 1 is 1.08 bits per heavy atom. The van der Waals surface area contributed by atoms with Crippen molar-refractivity contribution in [2.24, 2.45) is 0 Å². The van der Waals surface area contributed by atoms with E-state index >= 15 is 0 Å². The maximum Gasteiger partial charge on any atom is 0.269 e. The fourth-order valence-electron chi connectivity index (χ4n) is 3.14. The Labute approximate surface area is 141 Å². The third kappa shape index (κ3) is 3.49. The number of phenols is 1. The molecule has 1 heterocycles. The first-order valence-corrected chi connectivity index (χ1v) is 8.07. The van der Waals surface area contributed by atoms with Gasteiger partial charge in [0.25, 0.3) is 5.69 Å². The van der Waals surface area contributed by atoms with Gasteiger partial charge in [0.1, 0.15) is 5.75 Å². The molecule has 6 nitrogen and oxygen atoms in total. The number of rotatable bonds is 4. The van der Waals surface area contributed by atoms with Gasteiger partial charge in [-0.05, 0) is 36.8 Å². The van der Waals surface area contributed by atoms with Gasteiger partial charge in [0.15, 0.2) is 0 Å². The second-order valence-corrected chi connectivity index (χ2v) is 6.07. The van der Waals surface area contributed by atoms with Crippen LogP contribution in [0.2, 0.25) is 0 Å². The van der Waals surface area contributed by atoms with Crippen molar-refractivity contribution in [3.05, 3.63) is 64.2 Å². The molecule has 1 aliphatic rings. The molecule has 0 aliphatic carbocycles. The van der Waals surface area contributed by atoms with Gasteiger partial charge >= 0.3 is 0 Å². The zero-order chi connectivity index (χ0) is 17.1. The van der Waals surface area contributed by atoms with Gasteiger partial charge in [-0.25, -0.2) is 0 Å². The topological polar surface area (TPSA) is 69.9 Å². The molecule has 0 aromatic heterocycles. The van der Waals surface area contributed by atoms with Crippen molar-refractivity contribution in [1.29, 1.82) is 0 Å². The first kappa shape index (κ1) is 16.3. The second kappa shape index (κ2) is 6.88. The largest absolute Gasteiger partial charge is 0.508 e. The fraction of sp³-hybridized carbons (Fsp3) is 0.333. The highest BCUT2D eigenvalue weighted by Gasteiger charge is 2.23. The number of aromatic hydroxyl groups is 1. The molecule has 0 radical (unpaired) electrons. The summed E-state index contributed by atoms with van der Waals surface area (Å²) in [5.41, 5.74) is 2.22. The minimum Gasteiger partial charge on any atom is -0.508 e. The molecule has 1 fully saturated rings. The Morgan fingerprint density at radius 3 is 2.38 bits per heavy atom. The lowest BCUT2D eigenvalue weighted by atomic mass is 10.1. The number of nitrogens with zero attached hydrogens (tertiary/aromatic N) is 3. The molecule has 24 heavy (non-hydrogen) atoms. The number of non-ortho nitro benzene ring substituents is 1. The normalized spacial score (nSPS) is 16.8. The van der Waals surface area contributed by atoms with Crippen LogP contribution in [0.25, 0.3) is 0 Å². The highest BCUT2D eigenvalue weighted by atomic mass is 16.6. The number of hydrogen-bond acceptors (Lipinski definition) is 5. The third-order valence-electron chi connectivity index (χ3n) is 4.64. The molecule has 3 rings (SSSR count). The Hall–Kier alpha value is -2.60. The van der Waals surface area contributed by atoms with E-state index in [1.54, 1.807) is 24.3 Å². The van der Waals surface area contributed by atoms with Crippen molar-refractivity contribution in [2.75, 3.05) is 31.1 Å². The van der Waals surface area contributed by atoms with Gasteiger partial charge in [0.05, 0.1) is 4.92 Å². The zero-order valence-electron chi connectivity index (χ0n) is 13.6. The quantitative estimate of drug-likeness (QED) is 0.690. The monoisotopic (exact) mass is 327 g/mol. The molecule has 6 heteroatoms. The van der Waals surface area contributed by atoms with E-state index in [4.69, 9.17) is 0 Å². The molecule has 0 saturated carbocycles. The van der Waals surface area contributed by atoms with Crippen LogP contribution >= 0.6 is 0 Å². The van der Waals surface area contributed by atoms with Gasteiger partial charge in [-0.3, -0.25) is 15.0 Å². The standard InChI is InChI=1S/C18H21N3O3/c1-14(15-3-2-4-17(13-15)21(23)24)19-9-11-20(12-10-19)16-5-7-18(22)8-6-16/h2-8,13-14,22H,9-12H2,1H3/t14-/m1/s1. The van der Waals surface area contributed by atoms with Gasteiger partial charge in [-0.2, -0.15) is 0 Å². The van der Waals surface area contributed by atoms with Crippen molar-refractivity contribution in [2.45, 2.75) is 13.0 Å². The number of benzene rings is 2. The number of anilines is 1. The van der Waals surface area contributed by atoms with E-state index in [0.717, 1.165) is 37.4 Å². The van der Waals surface area contributed by atoms with E-state index in [-0.39, 0.29) is 22.4 Å². The lowest BCUT2D eigenvalue weighted by molar-refractivity contribution is -0.384. The van der Waals surface area contributed by atoms with Crippen LogP contribution in [0.1, 0.15) is 18.5 Å². The molecular weight excluding hydrogens is 306 g/mol. The van der Waals surface area contributed by atoms with Crippen molar-refractivity contribution < 1.29 is 10.0 Å². The van der Waals surface area contributed by atoms with Crippen molar-refractivity contribution in [3.63, 3.8) is 0 Å². The number of nitro benzene ring substituents is 1. The van der Waals surface area contributed by atoms with Crippen LogP contribution < -0.4 is 4.90 Å². The number of hydrogen-bond donors (Lipinski definition) is 1. The molecule has 126 valence electrons. The summed E-state index contributed by atoms with van der Waals surface area (Å²) in [6, 6.07) is 14.3. The summed E-state index contributed by atoms with van der Waals surface area (Å²) in [4.78, 5) is 15.2. The summed E-state index contributed by atoms with van der Waals surface area (Å²) in [7, 11) is 0.